The van der Waals surface area contributed by atoms with Crippen molar-refractivity contribution in [3.8, 4) is 0 Å². The summed E-state index contributed by atoms with van der Waals surface area (Å²) >= 11 is 0. The summed E-state index contributed by atoms with van der Waals surface area (Å²) in [6.45, 7) is 3.71. The highest BCUT2D eigenvalue weighted by molar-refractivity contribution is 5.26. The van der Waals surface area contributed by atoms with Crippen molar-refractivity contribution < 1.29 is 18.3 Å². The molecule has 0 aromatic heterocycles. The van der Waals surface area contributed by atoms with E-state index >= 15 is 0 Å². The molecule has 1 atom stereocenters. The molecular formula is C15H21F2NO2. The van der Waals surface area contributed by atoms with Gasteiger partial charge in [0.2, 0.25) is 0 Å². The summed E-state index contributed by atoms with van der Waals surface area (Å²) in [7, 11) is 1.62. The number of nitrogens with one attached hydrogen (secondary N) is 1. The molecule has 3 nitrogen and oxygen atoms in total. The van der Waals surface area contributed by atoms with Gasteiger partial charge in [0.25, 0.3) is 0 Å². The zero-order chi connectivity index (χ0) is 14.6. The molecule has 1 saturated heterocycles. The van der Waals surface area contributed by atoms with E-state index in [1.807, 2.05) is 6.92 Å². The SMILES string of the molecule is CCNC(c1cc(F)ccc1F)C1(OC)CCOCC1. The Morgan fingerprint density at radius 1 is 1.35 bits per heavy atom. The molecule has 0 radical (unpaired) electrons. The maximum atomic E-state index is 14.1. The van der Waals surface area contributed by atoms with Crippen LogP contribution < -0.4 is 5.32 Å². The minimum atomic E-state index is -0.567. The smallest absolute Gasteiger partial charge is 0.128 e. The molecule has 0 aliphatic carbocycles. The Morgan fingerprint density at radius 2 is 2.05 bits per heavy atom. The van der Waals surface area contributed by atoms with Crippen LogP contribution in [0.15, 0.2) is 18.2 Å². The van der Waals surface area contributed by atoms with Crippen molar-refractivity contribution >= 4 is 0 Å². The van der Waals surface area contributed by atoms with E-state index in [2.05, 4.69) is 5.32 Å². The summed E-state index contributed by atoms with van der Waals surface area (Å²) in [6.07, 6.45) is 1.30. The molecule has 0 bridgehead atoms. The van der Waals surface area contributed by atoms with Gasteiger partial charge in [-0.05, 0) is 24.7 Å². The molecule has 5 heteroatoms. The summed E-state index contributed by atoms with van der Waals surface area (Å²) < 4.78 is 38.7. The highest BCUT2D eigenvalue weighted by Gasteiger charge is 2.42. The first-order chi connectivity index (χ1) is 9.63. The zero-order valence-electron chi connectivity index (χ0n) is 11.9. The number of rotatable bonds is 5. The van der Waals surface area contributed by atoms with Gasteiger partial charge in [0.15, 0.2) is 0 Å². The van der Waals surface area contributed by atoms with Crippen LogP contribution in [0.2, 0.25) is 0 Å². The Morgan fingerprint density at radius 3 is 2.65 bits per heavy atom. The first-order valence-corrected chi connectivity index (χ1v) is 6.94. The van der Waals surface area contributed by atoms with Crippen molar-refractivity contribution in [1.82, 2.24) is 5.32 Å². The number of methoxy groups -OCH3 is 1. The Hall–Kier alpha value is -1.04. The van der Waals surface area contributed by atoms with E-state index in [-0.39, 0.29) is 0 Å². The third-order valence-electron chi connectivity index (χ3n) is 3.95. The lowest BCUT2D eigenvalue weighted by molar-refractivity contribution is -0.112. The molecule has 1 N–H and O–H groups in total. The van der Waals surface area contributed by atoms with Crippen LogP contribution in [0.1, 0.15) is 31.4 Å². The fraction of sp³-hybridized carbons (Fsp3) is 0.600. The van der Waals surface area contributed by atoms with Gasteiger partial charge in [0, 0.05) is 38.7 Å². The van der Waals surface area contributed by atoms with E-state index in [0.717, 1.165) is 12.1 Å². The summed E-state index contributed by atoms with van der Waals surface area (Å²) in [5.74, 6) is -0.858. The molecule has 20 heavy (non-hydrogen) atoms. The minimum absolute atomic E-state index is 0.315. The van der Waals surface area contributed by atoms with Gasteiger partial charge in [-0.1, -0.05) is 6.92 Å². The van der Waals surface area contributed by atoms with Gasteiger partial charge >= 0.3 is 0 Å². The van der Waals surface area contributed by atoms with E-state index in [1.165, 1.54) is 6.07 Å². The average molecular weight is 285 g/mol. The summed E-state index contributed by atoms with van der Waals surface area (Å²) in [6, 6.07) is 3.15. The lowest BCUT2D eigenvalue weighted by Crippen LogP contribution is -2.49. The van der Waals surface area contributed by atoms with E-state index < -0.39 is 23.3 Å². The second-order valence-corrected chi connectivity index (χ2v) is 5.04. The Labute approximate surface area is 118 Å². The summed E-state index contributed by atoms with van der Waals surface area (Å²) in [4.78, 5) is 0. The van der Waals surface area contributed by atoms with Crippen molar-refractivity contribution in [3.63, 3.8) is 0 Å². The van der Waals surface area contributed by atoms with Gasteiger partial charge in [-0.15, -0.1) is 0 Å². The topological polar surface area (TPSA) is 30.5 Å². The number of benzene rings is 1. The fourth-order valence-electron chi connectivity index (χ4n) is 2.85. The molecule has 1 aliphatic rings. The van der Waals surface area contributed by atoms with Gasteiger partial charge in [0.1, 0.15) is 11.6 Å². The predicted octanol–water partition coefficient (Wildman–Crippen LogP) is 2.81. The highest BCUT2D eigenvalue weighted by atomic mass is 19.1. The Balaban J connectivity index is 2.40. The number of hydrogen-bond acceptors (Lipinski definition) is 3. The molecular weight excluding hydrogens is 264 g/mol. The van der Waals surface area contributed by atoms with E-state index in [1.54, 1.807) is 7.11 Å². The third kappa shape index (κ3) is 3.00. The van der Waals surface area contributed by atoms with Crippen LogP contribution in [-0.2, 0) is 9.47 Å². The minimum Gasteiger partial charge on any atom is -0.381 e. The van der Waals surface area contributed by atoms with Crippen LogP contribution in [0, 0.1) is 11.6 Å². The van der Waals surface area contributed by atoms with Crippen LogP contribution in [0.4, 0.5) is 8.78 Å². The van der Waals surface area contributed by atoms with Gasteiger partial charge in [-0.25, -0.2) is 8.78 Å². The van der Waals surface area contributed by atoms with Gasteiger partial charge in [0.05, 0.1) is 11.6 Å². The fourth-order valence-corrected chi connectivity index (χ4v) is 2.85. The number of halogens is 2. The van der Waals surface area contributed by atoms with Gasteiger partial charge < -0.3 is 14.8 Å². The molecule has 1 heterocycles. The normalized spacial score (nSPS) is 19.8. The van der Waals surface area contributed by atoms with Crippen molar-refractivity contribution in [3.05, 3.63) is 35.4 Å². The highest BCUT2D eigenvalue weighted by Crippen LogP contribution is 2.38. The van der Waals surface area contributed by atoms with E-state index in [0.29, 0.717) is 38.2 Å². The first-order valence-electron chi connectivity index (χ1n) is 6.94. The standard InChI is InChI=1S/C15H21F2NO2/c1-3-18-14(12-10-11(16)4-5-13(12)17)15(19-2)6-8-20-9-7-15/h4-5,10,14,18H,3,6-9H2,1-2H3. The molecule has 1 aliphatic heterocycles. The molecule has 2 rings (SSSR count). The molecule has 1 unspecified atom stereocenters. The van der Waals surface area contributed by atoms with E-state index in [4.69, 9.17) is 9.47 Å². The van der Waals surface area contributed by atoms with E-state index in [9.17, 15) is 8.78 Å². The molecule has 1 fully saturated rings. The molecule has 1 aromatic rings. The predicted molar refractivity (Wildman–Crippen MR) is 72.6 cm³/mol. The van der Waals surface area contributed by atoms with Crippen LogP contribution in [-0.4, -0.2) is 32.5 Å². The molecule has 0 saturated carbocycles. The van der Waals surface area contributed by atoms with Crippen LogP contribution in [0.5, 0.6) is 0 Å². The van der Waals surface area contributed by atoms with Crippen LogP contribution in [0.3, 0.4) is 0 Å². The lowest BCUT2D eigenvalue weighted by atomic mass is 9.81. The molecule has 1 aromatic carbocycles. The molecule has 0 amide bonds. The maximum absolute atomic E-state index is 14.1. The van der Waals surface area contributed by atoms with Crippen molar-refractivity contribution in [2.75, 3.05) is 26.9 Å². The van der Waals surface area contributed by atoms with Crippen molar-refractivity contribution in [2.45, 2.75) is 31.4 Å². The number of hydrogen-bond donors (Lipinski definition) is 1. The summed E-state index contributed by atoms with van der Waals surface area (Å²) in [5.41, 5.74) is -0.251. The van der Waals surface area contributed by atoms with Gasteiger partial charge in [-0.2, -0.15) is 0 Å². The second-order valence-electron chi connectivity index (χ2n) is 5.04. The molecule has 0 spiro atoms. The third-order valence-corrected chi connectivity index (χ3v) is 3.95. The average Bonchev–Trinajstić information content (AvgIpc) is 2.48. The van der Waals surface area contributed by atoms with Crippen LogP contribution in [0.25, 0.3) is 0 Å². The van der Waals surface area contributed by atoms with Crippen LogP contribution >= 0.6 is 0 Å². The number of likely N-dealkylation sites (N-methyl/N-ethyl adjacent to an activating group) is 1. The maximum Gasteiger partial charge on any atom is 0.128 e. The Bertz CT molecular complexity index is 447. The molecule has 112 valence electrons. The largest absolute Gasteiger partial charge is 0.381 e. The zero-order valence-corrected chi connectivity index (χ0v) is 11.9. The summed E-state index contributed by atoms with van der Waals surface area (Å²) in [5, 5.41) is 3.24. The first kappa shape index (κ1) is 15.4. The Kier molecular flexibility index (Phi) is 5.07. The number of ether oxygens (including phenoxy) is 2. The van der Waals surface area contributed by atoms with Crippen molar-refractivity contribution in [1.29, 1.82) is 0 Å². The second kappa shape index (κ2) is 6.61. The quantitative estimate of drug-likeness (QED) is 0.902. The van der Waals surface area contributed by atoms with Crippen molar-refractivity contribution in [2.24, 2.45) is 0 Å². The van der Waals surface area contributed by atoms with Gasteiger partial charge in [-0.3, -0.25) is 0 Å². The lowest BCUT2D eigenvalue weighted by Gasteiger charge is -2.43. The monoisotopic (exact) mass is 285 g/mol.